The van der Waals surface area contributed by atoms with Gasteiger partial charge in [0.05, 0.1) is 5.70 Å². The molecule has 0 fully saturated rings. The van der Waals surface area contributed by atoms with Crippen molar-refractivity contribution in [3.63, 3.8) is 0 Å². The van der Waals surface area contributed by atoms with E-state index in [2.05, 4.69) is 5.10 Å². The molecular formula is C14H15F3N2O2. The Bertz CT molecular complexity index is 614. The molecule has 1 aliphatic carbocycles. The molecule has 0 amide bonds. The number of hydrogen-bond donors (Lipinski definition) is 1. The van der Waals surface area contributed by atoms with E-state index in [1.54, 1.807) is 12.2 Å². The molecule has 21 heavy (non-hydrogen) atoms. The van der Waals surface area contributed by atoms with Crippen molar-refractivity contribution in [3.05, 3.63) is 35.7 Å². The van der Waals surface area contributed by atoms with Gasteiger partial charge in [0.15, 0.2) is 11.4 Å². The number of halogens is 3. The summed E-state index contributed by atoms with van der Waals surface area (Å²) in [6, 6.07) is 0.552. The highest BCUT2D eigenvalue weighted by molar-refractivity contribution is 5.87. The van der Waals surface area contributed by atoms with E-state index >= 15 is 0 Å². The normalized spacial score (nSPS) is 22.2. The highest BCUT2D eigenvalue weighted by Crippen LogP contribution is 2.32. The zero-order chi connectivity index (χ0) is 15.8. The molecule has 114 valence electrons. The van der Waals surface area contributed by atoms with E-state index in [1.807, 2.05) is 19.9 Å². The van der Waals surface area contributed by atoms with E-state index in [9.17, 15) is 18.0 Å². The van der Waals surface area contributed by atoms with Crippen LogP contribution in [0.3, 0.4) is 0 Å². The van der Waals surface area contributed by atoms with Crippen molar-refractivity contribution in [1.82, 2.24) is 9.78 Å². The van der Waals surface area contributed by atoms with Crippen LogP contribution in [0.4, 0.5) is 13.2 Å². The Morgan fingerprint density at radius 3 is 2.67 bits per heavy atom. The van der Waals surface area contributed by atoms with Crippen LogP contribution in [0.25, 0.3) is 5.70 Å². The fourth-order valence-electron chi connectivity index (χ4n) is 2.32. The van der Waals surface area contributed by atoms with Crippen molar-refractivity contribution >= 4 is 11.7 Å². The molecule has 0 aliphatic heterocycles. The first-order chi connectivity index (χ1) is 9.74. The van der Waals surface area contributed by atoms with E-state index in [4.69, 9.17) is 5.11 Å². The Morgan fingerprint density at radius 2 is 2.14 bits per heavy atom. The average Bonchev–Trinajstić information content (AvgIpc) is 2.84. The quantitative estimate of drug-likeness (QED) is 0.926. The Balaban J connectivity index is 2.51. The lowest BCUT2D eigenvalue weighted by Crippen LogP contribution is -2.15. The molecule has 2 atom stereocenters. The molecule has 0 aromatic carbocycles. The smallest absolute Gasteiger partial charge is 0.435 e. The van der Waals surface area contributed by atoms with Crippen molar-refractivity contribution in [1.29, 1.82) is 0 Å². The van der Waals surface area contributed by atoms with Crippen LogP contribution >= 0.6 is 0 Å². The van der Waals surface area contributed by atoms with E-state index in [0.29, 0.717) is 11.8 Å². The average molecular weight is 300 g/mol. The van der Waals surface area contributed by atoms with Gasteiger partial charge in [0.1, 0.15) is 0 Å². The summed E-state index contributed by atoms with van der Waals surface area (Å²) < 4.78 is 39.0. The topological polar surface area (TPSA) is 55.1 Å². The summed E-state index contributed by atoms with van der Waals surface area (Å²) in [6.45, 7) is 3.97. The number of rotatable bonds is 3. The van der Waals surface area contributed by atoms with Crippen molar-refractivity contribution < 1.29 is 23.1 Å². The van der Waals surface area contributed by atoms with E-state index in [0.717, 1.165) is 11.1 Å². The van der Waals surface area contributed by atoms with Crippen LogP contribution in [-0.4, -0.2) is 20.9 Å². The van der Waals surface area contributed by atoms with Gasteiger partial charge < -0.3 is 5.11 Å². The van der Waals surface area contributed by atoms with E-state index < -0.39 is 23.5 Å². The molecule has 2 unspecified atom stereocenters. The summed E-state index contributed by atoms with van der Waals surface area (Å²) >= 11 is 0. The lowest BCUT2D eigenvalue weighted by atomic mass is 9.87. The highest BCUT2D eigenvalue weighted by Gasteiger charge is 2.36. The number of alkyl halides is 3. The maximum absolute atomic E-state index is 12.7. The summed E-state index contributed by atoms with van der Waals surface area (Å²) in [5.41, 5.74) is -1.35. The summed E-state index contributed by atoms with van der Waals surface area (Å²) in [7, 11) is 0. The van der Waals surface area contributed by atoms with Crippen LogP contribution in [-0.2, 0) is 6.18 Å². The number of carboxylic acid groups (broad SMARTS) is 1. The Hall–Kier alpha value is -2.05. The zero-order valence-corrected chi connectivity index (χ0v) is 11.6. The number of allylic oxidation sites excluding steroid dienone is 4. The molecule has 0 bridgehead atoms. The summed E-state index contributed by atoms with van der Waals surface area (Å²) in [5.74, 6) is -1.05. The summed E-state index contributed by atoms with van der Waals surface area (Å²) in [4.78, 5) is 11.1. The molecule has 7 heteroatoms. The minimum atomic E-state index is -4.67. The zero-order valence-electron chi connectivity index (χ0n) is 11.6. The van der Waals surface area contributed by atoms with Crippen molar-refractivity contribution in [2.45, 2.75) is 26.4 Å². The largest absolute Gasteiger partial charge is 0.477 e. The molecule has 1 aromatic heterocycles. The number of aromatic nitrogens is 2. The third kappa shape index (κ3) is 3.01. The SMILES string of the molecule is CCC1C=C(n2nc(C(F)(F)F)cc2C(=O)O)C=CC1C. The number of nitrogens with zero attached hydrogens (tertiary/aromatic N) is 2. The Morgan fingerprint density at radius 1 is 1.48 bits per heavy atom. The van der Waals surface area contributed by atoms with Gasteiger partial charge in [0.25, 0.3) is 0 Å². The molecule has 0 saturated heterocycles. The summed E-state index contributed by atoms with van der Waals surface area (Å²) in [6.07, 6.45) is 1.36. The second-order valence-corrected chi connectivity index (χ2v) is 5.01. The Labute approximate surface area is 119 Å². The minimum Gasteiger partial charge on any atom is -0.477 e. The van der Waals surface area contributed by atoms with Crippen molar-refractivity contribution in [2.75, 3.05) is 0 Å². The van der Waals surface area contributed by atoms with Gasteiger partial charge in [-0.25, -0.2) is 9.48 Å². The molecule has 2 rings (SSSR count). The predicted molar refractivity (Wildman–Crippen MR) is 70.5 cm³/mol. The monoisotopic (exact) mass is 300 g/mol. The van der Waals surface area contributed by atoms with Crippen molar-refractivity contribution in [2.24, 2.45) is 11.8 Å². The van der Waals surface area contributed by atoms with Gasteiger partial charge in [-0.2, -0.15) is 18.3 Å². The van der Waals surface area contributed by atoms with Crippen LogP contribution < -0.4 is 0 Å². The van der Waals surface area contributed by atoms with Gasteiger partial charge in [-0.3, -0.25) is 0 Å². The predicted octanol–water partition coefficient (Wildman–Crippen LogP) is 3.67. The van der Waals surface area contributed by atoms with Crippen LogP contribution in [0.5, 0.6) is 0 Å². The lowest BCUT2D eigenvalue weighted by molar-refractivity contribution is -0.141. The van der Waals surface area contributed by atoms with Crippen LogP contribution in [0.15, 0.2) is 24.3 Å². The van der Waals surface area contributed by atoms with Crippen LogP contribution in [0.2, 0.25) is 0 Å². The van der Waals surface area contributed by atoms with Gasteiger partial charge in [-0.1, -0.05) is 26.0 Å². The van der Waals surface area contributed by atoms with Gasteiger partial charge in [-0.15, -0.1) is 0 Å². The molecule has 0 radical (unpaired) electrons. The molecule has 0 spiro atoms. The van der Waals surface area contributed by atoms with Gasteiger partial charge in [0, 0.05) is 6.07 Å². The second-order valence-electron chi connectivity index (χ2n) is 5.01. The maximum Gasteiger partial charge on any atom is 0.435 e. The highest BCUT2D eigenvalue weighted by atomic mass is 19.4. The number of hydrogen-bond acceptors (Lipinski definition) is 2. The molecule has 1 aliphatic rings. The summed E-state index contributed by atoms with van der Waals surface area (Å²) in [5, 5.41) is 12.5. The molecular weight excluding hydrogens is 285 g/mol. The fraction of sp³-hybridized carbons (Fsp3) is 0.429. The molecule has 1 heterocycles. The minimum absolute atomic E-state index is 0.144. The van der Waals surface area contributed by atoms with Gasteiger partial charge >= 0.3 is 12.1 Å². The number of carbonyl (C=O) groups is 1. The number of carboxylic acids is 1. The third-order valence-electron chi connectivity index (χ3n) is 3.57. The van der Waals surface area contributed by atoms with Gasteiger partial charge in [0.2, 0.25) is 0 Å². The van der Waals surface area contributed by atoms with Crippen LogP contribution in [0.1, 0.15) is 36.5 Å². The molecule has 0 saturated carbocycles. The molecule has 1 aromatic rings. The lowest BCUT2D eigenvalue weighted by Gasteiger charge is -2.22. The van der Waals surface area contributed by atoms with Crippen LogP contribution in [0, 0.1) is 11.8 Å². The maximum atomic E-state index is 12.7. The first-order valence-electron chi connectivity index (χ1n) is 6.55. The second kappa shape index (κ2) is 5.38. The van der Waals surface area contributed by atoms with Gasteiger partial charge in [-0.05, 0) is 24.3 Å². The van der Waals surface area contributed by atoms with E-state index in [-0.39, 0.29) is 11.8 Å². The van der Waals surface area contributed by atoms with E-state index in [1.165, 1.54) is 0 Å². The van der Waals surface area contributed by atoms with Crippen molar-refractivity contribution in [3.8, 4) is 0 Å². The molecule has 1 N–H and O–H groups in total. The first kappa shape index (κ1) is 15.3. The standard InChI is InChI=1S/C14H15F3N2O2/c1-3-9-6-10(5-4-8(9)2)19-11(13(20)21)7-12(18-19)14(15,16)17/h4-9H,3H2,1-2H3,(H,20,21). The first-order valence-corrected chi connectivity index (χ1v) is 6.55. The fourth-order valence-corrected chi connectivity index (χ4v) is 2.32. The number of aromatic carboxylic acids is 1. The third-order valence-corrected chi connectivity index (χ3v) is 3.57. The molecule has 4 nitrogen and oxygen atoms in total. The Kier molecular flexibility index (Phi) is 3.93.